The van der Waals surface area contributed by atoms with Crippen LogP contribution in [0.1, 0.15) is 71.1 Å². The molecule has 1 aromatic carbocycles. The second kappa shape index (κ2) is 9.29. The lowest BCUT2D eigenvalue weighted by Gasteiger charge is -2.34. The number of halogens is 3. The van der Waals surface area contributed by atoms with Gasteiger partial charge in [-0.3, -0.25) is 0 Å². The Kier molecular flexibility index (Phi) is 5.92. The molecule has 2 aromatic heterocycles. The smallest absolute Gasteiger partial charge is 0.417 e. The summed E-state index contributed by atoms with van der Waals surface area (Å²) in [6, 6.07) is 7.53. The van der Waals surface area contributed by atoms with Crippen LogP contribution < -0.4 is 4.90 Å². The molecule has 210 valence electrons. The molecule has 2 aliphatic heterocycles. The average molecular weight is 555 g/mol. The van der Waals surface area contributed by atoms with Gasteiger partial charge in [-0.25, -0.2) is 14.8 Å². The second-order valence-electron chi connectivity index (χ2n) is 11.3. The number of methoxy groups -OCH3 is 1. The van der Waals surface area contributed by atoms with Crippen molar-refractivity contribution in [3.8, 4) is 11.3 Å². The molecule has 0 radical (unpaired) electrons. The predicted molar refractivity (Wildman–Crippen MR) is 136 cm³/mol. The first-order valence-electron chi connectivity index (χ1n) is 13.7. The van der Waals surface area contributed by atoms with Crippen LogP contribution in [0.2, 0.25) is 0 Å². The van der Waals surface area contributed by atoms with Gasteiger partial charge in [0.1, 0.15) is 11.5 Å². The standard InChI is InChI=1S/C29H29F3N4O4/c1-14-11-21(27(37)38-2)34-28(33-14)36-16-9-10-22(36)23-18(12-16)26(23)39-13-19-24(35-40-25(19)15-7-8-15)17-5-3-4-6-20(17)29(30,31)32/h3-6,11,15-16,18,22-23,26H,7-10,12-13H2,1-2H3/t16?,18?,22?,23?,26-/m0/s1. The Hall–Kier alpha value is -3.47. The molecule has 4 heterocycles. The zero-order valence-electron chi connectivity index (χ0n) is 22.1. The highest BCUT2D eigenvalue weighted by Crippen LogP contribution is 2.58. The number of rotatable bonds is 7. The maximum absolute atomic E-state index is 13.8. The van der Waals surface area contributed by atoms with Gasteiger partial charge in [-0.05, 0) is 57.1 Å². The third-order valence-electron chi connectivity index (χ3n) is 8.83. The SMILES string of the molecule is COC(=O)c1cc(C)nc(N2C3CCC2C2C(C3)[C@@H]2OCc2c(-c3ccccc3C(F)(F)F)noc2C2CC2)n1. The van der Waals surface area contributed by atoms with Crippen molar-refractivity contribution < 1.29 is 32.0 Å². The van der Waals surface area contributed by atoms with Crippen molar-refractivity contribution in [1.82, 2.24) is 15.1 Å². The van der Waals surface area contributed by atoms with Crippen molar-refractivity contribution in [2.24, 2.45) is 11.8 Å². The van der Waals surface area contributed by atoms with Crippen molar-refractivity contribution >= 4 is 11.9 Å². The molecule has 4 fully saturated rings. The number of carbonyl (C=O) groups excluding carboxylic acids is 1. The monoisotopic (exact) mass is 554 g/mol. The normalized spacial score (nSPS) is 27.0. The van der Waals surface area contributed by atoms with E-state index < -0.39 is 17.7 Å². The van der Waals surface area contributed by atoms with Gasteiger partial charge in [-0.2, -0.15) is 13.2 Å². The quantitative estimate of drug-likeness (QED) is 0.344. The van der Waals surface area contributed by atoms with Crippen molar-refractivity contribution in [2.75, 3.05) is 12.0 Å². The van der Waals surface area contributed by atoms with Crippen LogP contribution >= 0.6 is 0 Å². The minimum absolute atomic E-state index is 0.0145. The minimum atomic E-state index is -4.51. The van der Waals surface area contributed by atoms with Crippen molar-refractivity contribution in [2.45, 2.75) is 75.9 Å². The van der Waals surface area contributed by atoms with Crippen molar-refractivity contribution in [1.29, 1.82) is 0 Å². The highest BCUT2D eigenvalue weighted by atomic mass is 19.4. The highest BCUT2D eigenvalue weighted by Gasteiger charge is 2.64. The molecular weight excluding hydrogens is 525 g/mol. The van der Waals surface area contributed by atoms with Crippen LogP contribution in [0.3, 0.4) is 0 Å². The third-order valence-corrected chi connectivity index (χ3v) is 8.83. The molecule has 40 heavy (non-hydrogen) atoms. The fourth-order valence-electron chi connectivity index (χ4n) is 6.88. The lowest BCUT2D eigenvalue weighted by Crippen LogP contribution is -2.42. The first kappa shape index (κ1) is 25.5. The van der Waals surface area contributed by atoms with E-state index in [2.05, 4.69) is 20.0 Å². The number of aryl methyl sites for hydroxylation is 1. The molecule has 2 saturated carbocycles. The zero-order valence-corrected chi connectivity index (χ0v) is 22.1. The van der Waals surface area contributed by atoms with E-state index in [0.717, 1.165) is 38.2 Å². The summed E-state index contributed by atoms with van der Waals surface area (Å²) in [6.45, 7) is 1.99. The lowest BCUT2D eigenvalue weighted by molar-refractivity contribution is -0.137. The molecule has 2 aliphatic carbocycles. The van der Waals surface area contributed by atoms with Gasteiger partial charge in [-0.15, -0.1) is 0 Å². The number of carbonyl (C=O) groups is 1. The molecule has 4 unspecified atom stereocenters. The van der Waals surface area contributed by atoms with Crippen LogP contribution in [-0.2, 0) is 22.3 Å². The van der Waals surface area contributed by atoms with Crippen LogP contribution in [0.5, 0.6) is 0 Å². The second-order valence-corrected chi connectivity index (χ2v) is 11.3. The van der Waals surface area contributed by atoms with E-state index in [1.807, 2.05) is 6.92 Å². The summed E-state index contributed by atoms with van der Waals surface area (Å²) in [5.74, 6) is 1.49. The molecule has 7 rings (SSSR count). The van der Waals surface area contributed by atoms with Crippen molar-refractivity contribution in [3.63, 3.8) is 0 Å². The van der Waals surface area contributed by atoms with Gasteiger partial charge in [-0.1, -0.05) is 23.4 Å². The number of ether oxygens (including phenoxy) is 2. The summed E-state index contributed by atoms with van der Waals surface area (Å²) < 4.78 is 58.4. The van der Waals surface area contributed by atoms with Crippen LogP contribution in [0, 0.1) is 18.8 Å². The Balaban J connectivity index is 1.13. The van der Waals surface area contributed by atoms with E-state index in [9.17, 15) is 18.0 Å². The van der Waals surface area contributed by atoms with Crippen LogP contribution in [0.25, 0.3) is 11.3 Å². The van der Waals surface area contributed by atoms with Crippen molar-refractivity contribution in [3.05, 3.63) is 58.6 Å². The van der Waals surface area contributed by atoms with Crippen LogP contribution in [-0.4, -0.2) is 46.4 Å². The summed E-state index contributed by atoms with van der Waals surface area (Å²) in [5, 5.41) is 4.12. The van der Waals surface area contributed by atoms with Gasteiger partial charge in [0, 0.05) is 40.7 Å². The predicted octanol–water partition coefficient (Wildman–Crippen LogP) is 5.70. The zero-order chi connectivity index (χ0) is 27.8. The van der Waals surface area contributed by atoms with Gasteiger partial charge in [0.25, 0.3) is 0 Å². The molecule has 11 heteroatoms. The van der Waals surface area contributed by atoms with Gasteiger partial charge in [0.05, 0.1) is 25.4 Å². The van der Waals surface area contributed by atoms with Crippen LogP contribution in [0.4, 0.5) is 19.1 Å². The Morgan fingerprint density at radius 3 is 2.70 bits per heavy atom. The number of nitrogens with zero attached hydrogens (tertiary/aromatic N) is 4. The maximum Gasteiger partial charge on any atom is 0.417 e. The number of anilines is 1. The molecule has 2 saturated heterocycles. The van der Waals surface area contributed by atoms with Gasteiger partial charge < -0.3 is 18.9 Å². The topological polar surface area (TPSA) is 90.6 Å². The summed E-state index contributed by atoms with van der Waals surface area (Å²) >= 11 is 0. The number of hydrogen-bond donors (Lipinski definition) is 0. The number of hydrogen-bond acceptors (Lipinski definition) is 8. The fourth-order valence-corrected chi connectivity index (χ4v) is 6.88. The summed E-state index contributed by atoms with van der Waals surface area (Å²) in [5.41, 5.74) is 1.05. The molecule has 8 nitrogen and oxygen atoms in total. The Morgan fingerprint density at radius 1 is 1.15 bits per heavy atom. The number of fused-ring (bicyclic) bond motifs is 4. The van der Waals surface area contributed by atoms with Gasteiger partial charge >= 0.3 is 12.1 Å². The fraction of sp³-hybridized carbons (Fsp3) is 0.517. The molecule has 0 spiro atoms. The first-order chi connectivity index (χ1) is 19.2. The number of benzene rings is 1. The lowest BCUT2D eigenvalue weighted by atomic mass is 9.99. The molecule has 0 N–H and O–H groups in total. The van der Waals surface area contributed by atoms with E-state index in [4.69, 9.17) is 14.0 Å². The number of alkyl halides is 3. The Morgan fingerprint density at radius 2 is 1.95 bits per heavy atom. The largest absolute Gasteiger partial charge is 0.464 e. The average Bonchev–Trinajstić information content (AvgIpc) is 3.83. The number of piperidine rings is 1. The Labute approximate surface area is 228 Å². The Bertz CT molecular complexity index is 1470. The molecule has 5 atom stereocenters. The molecule has 2 bridgehead atoms. The van der Waals surface area contributed by atoms with Gasteiger partial charge in [0.15, 0.2) is 5.69 Å². The summed E-state index contributed by atoms with van der Waals surface area (Å²) in [4.78, 5) is 23.6. The van der Waals surface area contributed by atoms with E-state index in [1.165, 1.54) is 19.2 Å². The van der Waals surface area contributed by atoms with Crippen LogP contribution in [0.15, 0.2) is 34.9 Å². The maximum atomic E-state index is 13.8. The van der Waals surface area contributed by atoms with E-state index in [0.29, 0.717) is 28.9 Å². The first-order valence-corrected chi connectivity index (χ1v) is 13.7. The molecule has 0 amide bonds. The molecule has 3 aromatic rings. The van der Waals surface area contributed by atoms with E-state index in [1.54, 1.807) is 12.1 Å². The summed E-state index contributed by atoms with van der Waals surface area (Å²) in [6.07, 6.45) is 0.245. The van der Waals surface area contributed by atoms with E-state index >= 15 is 0 Å². The third kappa shape index (κ3) is 4.25. The van der Waals surface area contributed by atoms with Gasteiger partial charge in [0.2, 0.25) is 5.95 Å². The number of esters is 1. The molecule has 4 aliphatic rings. The number of aromatic nitrogens is 3. The minimum Gasteiger partial charge on any atom is -0.464 e. The molecular formula is C29H29F3N4O4. The van der Waals surface area contributed by atoms with E-state index in [-0.39, 0.29) is 53.6 Å². The summed E-state index contributed by atoms with van der Waals surface area (Å²) in [7, 11) is 1.33. The highest BCUT2D eigenvalue weighted by molar-refractivity contribution is 5.87.